The van der Waals surface area contributed by atoms with Gasteiger partial charge in [0.2, 0.25) is 0 Å². The minimum Gasteiger partial charge on any atom is -0.489 e. The maximum absolute atomic E-state index is 13.1. The number of hydrogen-bond acceptors (Lipinski definition) is 6. The molecule has 0 saturated carbocycles. The summed E-state index contributed by atoms with van der Waals surface area (Å²) in [5.41, 5.74) is 2.89. The van der Waals surface area contributed by atoms with E-state index in [1.165, 1.54) is 11.8 Å². The Morgan fingerprint density at radius 3 is 2.58 bits per heavy atom. The number of nitrogens with zero attached hydrogens (tertiary/aromatic N) is 3. The Bertz CT molecular complexity index is 1470. The van der Waals surface area contributed by atoms with Crippen LogP contribution >= 0.6 is 35.0 Å². The zero-order valence-corrected chi connectivity index (χ0v) is 24.1. The topological polar surface area (TPSA) is 71.4 Å². The van der Waals surface area contributed by atoms with E-state index in [2.05, 4.69) is 0 Å². The number of likely N-dealkylation sites (N-methyl/N-ethyl adjacent to an activating group) is 1. The second-order valence-electron chi connectivity index (χ2n) is 9.10. The Kier molecular flexibility index (Phi) is 9.11. The van der Waals surface area contributed by atoms with Crippen molar-refractivity contribution in [2.45, 2.75) is 13.5 Å². The molecule has 2 aliphatic heterocycles. The first-order valence-corrected chi connectivity index (χ1v) is 14.4. The maximum Gasteiger partial charge on any atom is 0.266 e. The third kappa shape index (κ3) is 6.70. The van der Waals surface area contributed by atoms with E-state index in [-0.39, 0.29) is 11.8 Å². The molecule has 0 aliphatic carbocycles. The molecular weight excluding hydrogens is 569 g/mol. The molecule has 2 amide bonds. The van der Waals surface area contributed by atoms with Crippen LogP contribution in [0.2, 0.25) is 10.0 Å². The Morgan fingerprint density at radius 1 is 1.07 bits per heavy atom. The van der Waals surface area contributed by atoms with E-state index < -0.39 is 0 Å². The average Bonchev–Trinajstić information content (AvgIpc) is 3.26. The third-order valence-corrected chi connectivity index (χ3v) is 8.00. The molecule has 2 aliphatic rings. The average molecular weight is 597 g/mol. The van der Waals surface area contributed by atoms with Gasteiger partial charge in [0, 0.05) is 40.8 Å². The SMILES string of the molecule is CCN1C(=O)/C(=C\c2ccc(OCc3ccc(Cl)cc3Cl)cc2)SC1=Nc1cccc(C(=O)N2CCOCC2)c1. The van der Waals surface area contributed by atoms with Gasteiger partial charge in [0.25, 0.3) is 11.8 Å². The van der Waals surface area contributed by atoms with Crippen LogP contribution in [0.15, 0.2) is 76.6 Å². The van der Waals surface area contributed by atoms with E-state index in [0.717, 1.165) is 11.1 Å². The Morgan fingerprint density at radius 2 is 1.85 bits per heavy atom. The van der Waals surface area contributed by atoms with Crippen molar-refractivity contribution < 1.29 is 19.1 Å². The highest BCUT2D eigenvalue weighted by molar-refractivity contribution is 8.18. The lowest BCUT2D eigenvalue weighted by Gasteiger charge is -2.26. The van der Waals surface area contributed by atoms with Gasteiger partial charge in [-0.1, -0.05) is 47.5 Å². The van der Waals surface area contributed by atoms with Gasteiger partial charge in [0.1, 0.15) is 12.4 Å². The van der Waals surface area contributed by atoms with Gasteiger partial charge < -0.3 is 14.4 Å². The van der Waals surface area contributed by atoms with Gasteiger partial charge in [-0.25, -0.2) is 4.99 Å². The summed E-state index contributed by atoms with van der Waals surface area (Å²) in [7, 11) is 0. The third-order valence-electron chi connectivity index (χ3n) is 6.41. The lowest BCUT2D eigenvalue weighted by molar-refractivity contribution is -0.122. The van der Waals surface area contributed by atoms with Gasteiger partial charge in [0.05, 0.1) is 23.8 Å². The number of thioether (sulfide) groups is 1. The number of carbonyl (C=O) groups excluding carboxylic acids is 2. The minimum atomic E-state index is -0.107. The molecule has 0 radical (unpaired) electrons. The second-order valence-corrected chi connectivity index (χ2v) is 11.0. The smallest absolute Gasteiger partial charge is 0.266 e. The van der Waals surface area contributed by atoms with Gasteiger partial charge in [0.15, 0.2) is 5.17 Å². The van der Waals surface area contributed by atoms with Crippen LogP contribution in [0.3, 0.4) is 0 Å². The van der Waals surface area contributed by atoms with E-state index in [1.807, 2.05) is 55.5 Å². The highest BCUT2D eigenvalue weighted by atomic mass is 35.5. The highest BCUT2D eigenvalue weighted by Gasteiger charge is 2.32. The predicted octanol–water partition coefficient (Wildman–Crippen LogP) is 6.67. The van der Waals surface area contributed by atoms with Crippen LogP contribution in [0.25, 0.3) is 6.08 Å². The minimum absolute atomic E-state index is 0.0443. The summed E-state index contributed by atoms with van der Waals surface area (Å²) in [4.78, 5) is 34.8. The van der Waals surface area contributed by atoms with Crippen molar-refractivity contribution >= 4 is 63.7 Å². The largest absolute Gasteiger partial charge is 0.489 e. The normalized spacial score (nSPS) is 17.6. The second kappa shape index (κ2) is 12.9. The summed E-state index contributed by atoms with van der Waals surface area (Å²) in [6, 6.07) is 20.0. The van der Waals surface area contributed by atoms with E-state index in [4.69, 9.17) is 37.7 Å². The van der Waals surface area contributed by atoms with Crippen LogP contribution in [-0.2, 0) is 16.1 Å². The van der Waals surface area contributed by atoms with Gasteiger partial charge in [-0.15, -0.1) is 0 Å². The van der Waals surface area contributed by atoms with Crippen molar-refractivity contribution in [3.63, 3.8) is 0 Å². The molecule has 7 nitrogen and oxygen atoms in total. The molecule has 3 aromatic carbocycles. The number of morpholine rings is 1. The Labute approximate surface area is 247 Å². The van der Waals surface area contributed by atoms with Gasteiger partial charge in [-0.05, 0) is 72.8 Å². The van der Waals surface area contributed by atoms with E-state index in [9.17, 15) is 9.59 Å². The molecule has 206 valence electrons. The summed E-state index contributed by atoms with van der Waals surface area (Å²) >= 11 is 13.5. The molecule has 0 bridgehead atoms. The Hall–Kier alpha value is -3.30. The Balaban J connectivity index is 1.28. The molecule has 0 unspecified atom stereocenters. The fraction of sp³-hybridized carbons (Fsp3) is 0.233. The van der Waals surface area contributed by atoms with E-state index >= 15 is 0 Å². The fourth-order valence-electron chi connectivity index (χ4n) is 4.25. The summed E-state index contributed by atoms with van der Waals surface area (Å²) < 4.78 is 11.2. The number of hydrogen-bond donors (Lipinski definition) is 0. The number of aliphatic imine (C=N–C) groups is 1. The number of amides is 2. The first-order chi connectivity index (χ1) is 19.4. The highest BCUT2D eigenvalue weighted by Crippen LogP contribution is 2.34. The van der Waals surface area contributed by atoms with Crippen molar-refractivity contribution in [1.82, 2.24) is 9.80 Å². The molecule has 0 N–H and O–H groups in total. The first kappa shape index (κ1) is 28.2. The fourth-order valence-corrected chi connectivity index (χ4v) is 5.78. The summed E-state index contributed by atoms with van der Waals surface area (Å²) in [6.45, 7) is 4.94. The van der Waals surface area contributed by atoms with Crippen LogP contribution in [0, 0.1) is 0 Å². The number of amidine groups is 1. The monoisotopic (exact) mass is 595 g/mol. The van der Waals surface area contributed by atoms with Crippen LogP contribution in [0.5, 0.6) is 5.75 Å². The number of carbonyl (C=O) groups is 2. The van der Waals surface area contributed by atoms with Gasteiger partial charge >= 0.3 is 0 Å². The van der Waals surface area contributed by atoms with E-state index in [1.54, 1.807) is 34.1 Å². The lowest BCUT2D eigenvalue weighted by atomic mass is 10.1. The molecule has 2 heterocycles. The molecule has 5 rings (SSSR count). The summed E-state index contributed by atoms with van der Waals surface area (Å²) in [5, 5.41) is 1.71. The van der Waals surface area contributed by atoms with Crippen LogP contribution in [0.4, 0.5) is 5.69 Å². The van der Waals surface area contributed by atoms with E-state index in [0.29, 0.717) is 76.6 Å². The zero-order valence-electron chi connectivity index (χ0n) is 21.8. The summed E-state index contributed by atoms with van der Waals surface area (Å²) in [6.07, 6.45) is 1.84. The van der Waals surface area contributed by atoms with Crippen molar-refractivity contribution in [2.24, 2.45) is 4.99 Å². The molecule has 2 saturated heterocycles. The zero-order chi connectivity index (χ0) is 28.1. The molecule has 0 aromatic heterocycles. The number of ether oxygens (including phenoxy) is 2. The van der Waals surface area contributed by atoms with Crippen molar-refractivity contribution in [3.8, 4) is 5.75 Å². The molecule has 0 spiro atoms. The van der Waals surface area contributed by atoms with Crippen molar-refractivity contribution in [2.75, 3.05) is 32.8 Å². The molecule has 3 aromatic rings. The van der Waals surface area contributed by atoms with Crippen molar-refractivity contribution in [1.29, 1.82) is 0 Å². The molecule has 40 heavy (non-hydrogen) atoms. The summed E-state index contributed by atoms with van der Waals surface area (Å²) in [5.74, 6) is 0.532. The van der Waals surface area contributed by atoms with Crippen LogP contribution < -0.4 is 4.74 Å². The maximum atomic E-state index is 13.1. The standard InChI is InChI=1S/C30H27Cl2N3O4S/c1-2-35-29(37)27(16-20-6-10-25(11-7-20)39-19-22-8-9-23(31)18-26(22)32)40-30(35)33-24-5-3-4-21(17-24)28(36)34-12-14-38-15-13-34/h3-11,16-18H,2,12-15,19H2,1H3/b27-16+,33-30?. The molecule has 10 heteroatoms. The van der Waals surface area contributed by atoms with Gasteiger partial charge in [-0.3, -0.25) is 14.5 Å². The molecule has 0 atom stereocenters. The number of benzene rings is 3. The van der Waals surface area contributed by atoms with Crippen LogP contribution in [-0.4, -0.2) is 59.6 Å². The van der Waals surface area contributed by atoms with Gasteiger partial charge in [-0.2, -0.15) is 0 Å². The number of rotatable bonds is 7. The quantitative estimate of drug-likeness (QED) is 0.285. The predicted molar refractivity (Wildman–Crippen MR) is 160 cm³/mol. The lowest BCUT2D eigenvalue weighted by Crippen LogP contribution is -2.40. The number of halogens is 2. The first-order valence-electron chi connectivity index (χ1n) is 12.9. The molecular formula is C30H27Cl2N3O4S. The van der Waals surface area contributed by atoms with Crippen molar-refractivity contribution in [3.05, 3.63) is 98.4 Å². The van der Waals surface area contributed by atoms with Crippen LogP contribution in [0.1, 0.15) is 28.4 Å². The molecule has 2 fully saturated rings.